The van der Waals surface area contributed by atoms with Gasteiger partial charge in [0.25, 0.3) is 0 Å². The molecule has 1 aromatic heterocycles. The highest BCUT2D eigenvalue weighted by atomic mass is 19.1. The number of aromatic nitrogens is 2. The molecule has 0 radical (unpaired) electrons. The normalized spacial score (nSPS) is 24.5. The van der Waals surface area contributed by atoms with E-state index in [0.717, 1.165) is 11.1 Å². The van der Waals surface area contributed by atoms with Gasteiger partial charge in [0.1, 0.15) is 36.9 Å². The smallest absolute Gasteiger partial charge is 0.398 e. The summed E-state index contributed by atoms with van der Waals surface area (Å²) in [5, 5.41) is 45.2. The van der Waals surface area contributed by atoms with Crippen LogP contribution in [-0.2, 0) is 16.2 Å². The van der Waals surface area contributed by atoms with E-state index in [4.69, 9.17) is 25.4 Å². The molecule has 4 rings (SSSR count). The molecule has 0 aliphatic carbocycles. The van der Waals surface area contributed by atoms with Crippen molar-refractivity contribution < 1.29 is 39.3 Å². The highest BCUT2D eigenvalue weighted by Crippen LogP contribution is 2.27. The summed E-state index contributed by atoms with van der Waals surface area (Å²) in [5.41, 5.74) is 8.78. The Morgan fingerprint density at radius 2 is 1.97 bits per heavy atom. The summed E-state index contributed by atoms with van der Waals surface area (Å²) in [6.07, 6.45) is -2.78. The Morgan fingerprint density at radius 1 is 1.28 bits per heavy atom. The van der Waals surface area contributed by atoms with Gasteiger partial charge in [-0.2, -0.15) is 0 Å². The highest BCUT2D eigenvalue weighted by molar-refractivity contribution is 6.31. The maximum Gasteiger partial charge on any atom is 0.674 e. The van der Waals surface area contributed by atoms with E-state index in [9.17, 15) is 19.6 Å². The molecule has 14 heteroatoms. The molecule has 0 spiro atoms. The molecule has 3 heterocycles. The third-order valence-corrected chi connectivity index (χ3v) is 5.06. The monoisotopic (exact) mass is 453 g/mol. The van der Waals surface area contributed by atoms with E-state index in [1.807, 2.05) is 31.2 Å². The van der Waals surface area contributed by atoms with Crippen LogP contribution in [0.15, 0.2) is 35.6 Å². The van der Waals surface area contributed by atoms with Crippen LogP contribution in [0.5, 0.6) is 0 Å². The van der Waals surface area contributed by atoms with Crippen molar-refractivity contribution in [2.24, 2.45) is 10.7 Å². The number of rotatable bonds is 5. The first-order chi connectivity index (χ1) is 15.2. The van der Waals surface area contributed by atoms with E-state index in [2.05, 4.69) is 9.98 Å². The molecule has 4 atom stereocenters. The second-order valence-electron chi connectivity index (χ2n) is 7.13. The lowest BCUT2D eigenvalue weighted by atomic mass is 10.1. The summed E-state index contributed by atoms with van der Waals surface area (Å²) < 4.78 is 17.2. The summed E-state index contributed by atoms with van der Waals surface area (Å²) in [6.45, 7) is 2.09. The predicted octanol–water partition coefficient (Wildman–Crippen LogP) is -3.22. The minimum atomic E-state index is -2.67. The Balaban J connectivity index is 0.000000668. The van der Waals surface area contributed by atoms with Crippen LogP contribution in [0.4, 0.5) is 4.32 Å². The fraction of sp³-hybridized carbons (Fsp3) is 0.444. The Bertz CT molecular complexity index is 1040. The number of aliphatic hydroxyl groups excluding tert-OH is 3. The Labute approximate surface area is 182 Å². The average Bonchev–Trinajstić information content (AvgIpc) is 3.30. The number of imidazole rings is 1. The molecule has 0 bridgehead atoms. The van der Waals surface area contributed by atoms with Crippen LogP contribution >= 0.6 is 0 Å². The maximum absolute atomic E-state index is 10.2. The number of aliphatic hydroxyl groups is 3. The van der Waals surface area contributed by atoms with E-state index in [-0.39, 0.29) is 6.67 Å². The van der Waals surface area contributed by atoms with Crippen molar-refractivity contribution in [3.63, 3.8) is 0 Å². The Kier molecular flexibility index (Phi) is 7.79. The molecule has 1 saturated heterocycles. The molecular formula is C18H25BFN5O7. The van der Waals surface area contributed by atoms with Gasteiger partial charge in [-0.05, 0) is 18.1 Å². The van der Waals surface area contributed by atoms with Crippen molar-refractivity contribution >= 4 is 13.2 Å². The van der Waals surface area contributed by atoms with Crippen LogP contribution in [0.25, 0.3) is 5.82 Å². The lowest BCUT2D eigenvalue weighted by Gasteiger charge is -2.24. The van der Waals surface area contributed by atoms with E-state index in [1.54, 1.807) is 0 Å². The van der Waals surface area contributed by atoms with E-state index >= 15 is 0 Å². The SMILES string of the molecule is Cc1ccccc1CON1CN=c2c(ncn2[C@@H]2O[C@H](CO)[C@@H](O)[C@H]2O)=C1N.OB(O)F. The Morgan fingerprint density at radius 3 is 2.59 bits per heavy atom. The second-order valence-corrected chi connectivity index (χ2v) is 7.13. The number of nitrogens with two attached hydrogens (primary N) is 1. The molecule has 1 aromatic carbocycles. The molecule has 2 aliphatic rings. The second kappa shape index (κ2) is 10.4. The van der Waals surface area contributed by atoms with Crippen LogP contribution < -0.4 is 16.6 Å². The fourth-order valence-corrected chi connectivity index (χ4v) is 3.34. The van der Waals surface area contributed by atoms with Gasteiger partial charge in [-0.25, -0.2) is 15.0 Å². The minimum Gasteiger partial charge on any atom is -0.398 e. The first-order valence-electron chi connectivity index (χ1n) is 9.69. The lowest BCUT2D eigenvalue weighted by molar-refractivity contribution is -0.124. The van der Waals surface area contributed by atoms with Crippen molar-refractivity contribution in [1.82, 2.24) is 14.6 Å². The number of hydrogen-bond acceptors (Lipinski definition) is 11. The number of hydroxylamine groups is 2. The summed E-state index contributed by atoms with van der Waals surface area (Å²) in [4.78, 5) is 14.5. The average molecular weight is 453 g/mol. The summed E-state index contributed by atoms with van der Waals surface area (Å²) in [5.74, 6) is 0.295. The maximum atomic E-state index is 10.2. The first-order valence-corrected chi connectivity index (χ1v) is 9.69. The number of nitrogens with zero attached hydrogens (tertiary/aromatic N) is 4. The number of benzene rings is 1. The van der Waals surface area contributed by atoms with Gasteiger partial charge in [-0.15, -0.1) is 0 Å². The summed E-state index contributed by atoms with van der Waals surface area (Å²) >= 11 is 0. The van der Waals surface area contributed by atoms with Gasteiger partial charge in [0, 0.05) is 0 Å². The largest absolute Gasteiger partial charge is 0.674 e. The van der Waals surface area contributed by atoms with Gasteiger partial charge in [-0.1, -0.05) is 24.3 Å². The highest BCUT2D eigenvalue weighted by Gasteiger charge is 2.44. The van der Waals surface area contributed by atoms with Crippen molar-refractivity contribution in [2.75, 3.05) is 13.3 Å². The molecule has 174 valence electrons. The standard InChI is InChI=1S/C18H23N5O5.BFH2O2/c1-10-4-2-3-5-11(10)7-27-23-9-21-17-13(16(23)19)20-8-22(17)18-15(26)14(25)12(6-24)28-18;2-1(3)4/h2-5,8,12,14-15,18,24-26H,6-7,9,19H2,1H3;3-4H/t12-,14-,15-,18-;/m1./s1. The van der Waals surface area contributed by atoms with Gasteiger partial charge in [0.05, 0.1) is 12.9 Å². The van der Waals surface area contributed by atoms with Crippen LogP contribution in [-0.4, -0.2) is 79.0 Å². The zero-order chi connectivity index (χ0) is 23.4. The molecular weight excluding hydrogens is 428 g/mol. The third kappa shape index (κ3) is 5.07. The minimum absolute atomic E-state index is 0.144. The van der Waals surface area contributed by atoms with Gasteiger partial charge in [0.2, 0.25) is 0 Å². The number of halogens is 1. The van der Waals surface area contributed by atoms with Gasteiger partial charge < -0.3 is 35.8 Å². The Hall–Kier alpha value is -2.59. The topological polar surface area (TPSA) is 179 Å². The van der Waals surface area contributed by atoms with Crippen LogP contribution in [0.1, 0.15) is 17.4 Å². The quantitative estimate of drug-likeness (QED) is 0.252. The molecule has 2 aliphatic heterocycles. The molecule has 0 saturated carbocycles. The number of fused-ring (bicyclic) bond motifs is 1. The summed E-state index contributed by atoms with van der Waals surface area (Å²) in [7, 11) is -2.67. The zero-order valence-electron chi connectivity index (χ0n) is 17.2. The van der Waals surface area contributed by atoms with E-state index < -0.39 is 38.5 Å². The molecule has 0 amide bonds. The van der Waals surface area contributed by atoms with E-state index in [1.165, 1.54) is 16.0 Å². The molecule has 2 aromatic rings. The van der Waals surface area contributed by atoms with E-state index in [0.29, 0.717) is 23.3 Å². The van der Waals surface area contributed by atoms with Crippen molar-refractivity contribution in [2.45, 2.75) is 38.1 Å². The van der Waals surface area contributed by atoms with Crippen molar-refractivity contribution in [3.05, 3.63) is 52.6 Å². The van der Waals surface area contributed by atoms with Crippen LogP contribution in [0.2, 0.25) is 0 Å². The van der Waals surface area contributed by atoms with Crippen molar-refractivity contribution in [1.29, 1.82) is 0 Å². The zero-order valence-corrected chi connectivity index (χ0v) is 17.2. The number of aryl methyl sites for hydroxylation is 1. The van der Waals surface area contributed by atoms with Crippen LogP contribution in [0.3, 0.4) is 0 Å². The number of hydrogen-bond donors (Lipinski definition) is 6. The first kappa shape index (κ1) is 24.1. The molecule has 0 unspecified atom stereocenters. The molecule has 7 N–H and O–H groups in total. The molecule has 32 heavy (non-hydrogen) atoms. The number of ether oxygens (including phenoxy) is 1. The molecule has 1 fully saturated rings. The molecule has 12 nitrogen and oxygen atoms in total. The van der Waals surface area contributed by atoms with Crippen molar-refractivity contribution in [3.8, 4) is 0 Å². The third-order valence-electron chi connectivity index (χ3n) is 5.06. The summed E-state index contributed by atoms with van der Waals surface area (Å²) in [6, 6.07) is 7.90. The van der Waals surface area contributed by atoms with Gasteiger partial charge in [0.15, 0.2) is 17.5 Å². The van der Waals surface area contributed by atoms with Crippen LogP contribution in [0, 0.1) is 6.92 Å². The lowest BCUT2D eigenvalue weighted by Crippen LogP contribution is -2.47. The fourth-order valence-electron chi connectivity index (χ4n) is 3.34. The van der Waals surface area contributed by atoms with Gasteiger partial charge in [-0.3, -0.25) is 13.7 Å². The van der Waals surface area contributed by atoms with Gasteiger partial charge >= 0.3 is 7.40 Å². The predicted molar refractivity (Wildman–Crippen MR) is 108 cm³/mol.